The summed E-state index contributed by atoms with van der Waals surface area (Å²) in [5.74, 6) is 0. The lowest BCUT2D eigenvalue weighted by atomic mass is 10.2. The van der Waals surface area contributed by atoms with Crippen molar-refractivity contribution in [3.05, 3.63) is 0 Å². The minimum atomic E-state index is 0.126. The lowest BCUT2D eigenvalue weighted by Gasteiger charge is -2.35. The van der Waals surface area contributed by atoms with E-state index in [9.17, 15) is 4.79 Å². The number of carbonyl (C=O) groups excluding carboxylic acids is 1. The molecule has 1 saturated heterocycles. The normalized spacial score (nSPS) is 17.6. The van der Waals surface area contributed by atoms with Gasteiger partial charge >= 0.3 is 6.03 Å². The summed E-state index contributed by atoms with van der Waals surface area (Å²) >= 11 is 0. The maximum atomic E-state index is 11.7. The Bertz CT molecular complexity index is 212. The summed E-state index contributed by atoms with van der Waals surface area (Å²) in [4.78, 5) is 17.7. The Hall–Kier alpha value is -0.810. The quantitative estimate of drug-likeness (QED) is 0.690. The van der Waals surface area contributed by atoms with Gasteiger partial charge in [-0.3, -0.25) is 4.90 Å². The van der Waals surface area contributed by atoms with Gasteiger partial charge in [-0.25, -0.2) is 4.79 Å². The predicted octanol–water partition coefficient (Wildman–Crippen LogP) is 0.0245. The first-order chi connectivity index (χ1) is 7.65. The van der Waals surface area contributed by atoms with Gasteiger partial charge in [0, 0.05) is 40.3 Å². The second-order valence-electron chi connectivity index (χ2n) is 4.50. The smallest absolute Gasteiger partial charge is 0.319 e. The van der Waals surface area contributed by atoms with Crippen LogP contribution in [0.5, 0.6) is 0 Å². The van der Waals surface area contributed by atoms with Crippen molar-refractivity contribution in [1.82, 2.24) is 14.7 Å². The molecule has 0 aromatic rings. The molecule has 0 saturated carbocycles. The Labute approximate surface area is 98.2 Å². The van der Waals surface area contributed by atoms with Crippen molar-refractivity contribution in [3.8, 4) is 0 Å². The summed E-state index contributed by atoms with van der Waals surface area (Å²) in [6.45, 7) is 5.56. The van der Waals surface area contributed by atoms with E-state index in [0.717, 1.165) is 52.1 Å². The second kappa shape index (κ2) is 6.70. The number of urea groups is 1. The first kappa shape index (κ1) is 13.3. The lowest BCUT2D eigenvalue weighted by molar-refractivity contribution is 0.122. The first-order valence-corrected chi connectivity index (χ1v) is 6.04. The van der Waals surface area contributed by atoms with Crippen LogP contribution in [0.4, 0.5) is 4.79 Å². The summed E-state index contributed by atoms with van der Waals surface area (Å²) in [6, 6.07) is 0.126. The minimum Gasteiger partial charge on any atom is -0.331 e. The van der Waals surface area contributed by atoms with E-state index in [0.29, 0.717) is 0 Å². The molecule has 94 valence electrons. The molecule has 0 bridgehead atoms. The number of amides is 2. The van der Waals surface area contributed by atoms with Gasteiger partial charge in [-0.05, 0) is 25.9 Å². The largest absolute Gasteiger partial charge is 0.331 e. The summed E-state index contributed by atoms with van der Waals surface area (Å²) in [5, 5.41) is 0. The fourth-order valence-corrected chi connectivity index (χ4v) is 1.93. The van der Waals surface area contributed by atoms with E-state index < -0.39 is 0 Å². The highest BCUT2D eigenvalue weighted by molar-refractivity contribution is 5.73. The van der Waals surface area contributed by atoms with Gasteiger partial charge in [-0.15, -0.1) is 0 Å². The number of nitrogens with zero attached hydrogens (tertiary/aromatic N) is 3. The van der Waals surface area contributed by atoms with Gasteiger partial charge in [0.1, 0.15) is 0 Å². The van der Waals surface area contributed by atoms with E-state index >= 15 is 0 Å². The molecule has 5 nitrogen and oxygen atoms in total. The summed E-state index contributed by atoms with van der Waals surface area (Å²) in [7, 11) is 3.60. The van der Waals surface area contributed by atoms with Crippen LogP contribution in [0.2, 0.25) is 0 Å². The maximum absolute atomic E-state index is 11.7. The molecule has 1 aliphatic heterocycles. The van der Waals surface area contributed by atoms with E-state index in [2.05, 4.69) is 4.90 Å². The van der Waals surface area contributed by atoms with Crippen molar-refractivity contribution in [3.63, 3.8) is 0 Å². The van der Waals surface area contributed by atoms with Crippen LogP contribution in [-0.4, -0.2) is 74.1 Å². The van der Waals surface area contributed by atoms with Gasteiger partial charge in [-0.1, -0.05) is 0 Å². The molecule has 0 radical (unpaired) electrons. The van der Waals surface area contributed by atoms with E-state index in [1.165, 1.54) is 0 Å². The Morgan fingerprint density at radius 3 is 2.31 bits per heavy atom. The van der Waals surface area contributed by atoms with Gasteiger partial charge in [0.2, 0.25) is 0 Å². The summed E-state index contributed by atoms with van der Waals surface area (Å²) in [5.41, 5.74) is 5.46. The number of rotatable bonds is 4. The summed E-state index contributed by atoms with van der Waals surface area (Å²) in [6.07, 6.45) is 2.26. The Kier molecular flexibility index (Phi) is 5.55. The van der Waals surface area contributed by atoms with Crippen molar-refractivity contribution in [2.75, 3.05) is 53.4 Å². The highest BCUT2D eigenvalue weighted by Crippen LogP contribution is 2.05. The fourth-order valence-electron chi connectivity index (χ4n) is 1.93. The van der Waals surface area contributed by atoms with Crippen molar-refractivity contribution >= 4 is 6.03 Å². The molecule has 1 heterocycles. The number of piperazine rings is 1. The highest BCUT2D eigenvalue weighted by Gasteiger charge is 2.21. The molecule has 0 aromatic heterocycles. The zero-order valence-corrected chi connectivity index (χ0v) is 10.5. The van der Waals surface area contributed by atoms with Crippen LogP contribution in [0.1, 0.15) is 12.8 Å². The minimum absolute atomic E-state index is 0.126. The third-order valence-corrected chi connectivity index (χ3v) is 2.95. The zero-order chi connectivity index (χ0) is 12.0. The molecule has 0 aliphatic carbocycles. The van der Waals surface area contributed by atoms with Crippen LogP contribution in [0.3, 0.4) is 0 Å². The molecule has 0 spiro atoms. The van der Waals surface area contributed by atoms with Crippen LogP contribution < -0.4 is 5.73 Å². The van der Waals surface area contributed by atoms with E-state index in [4.69, 9.17) is 5.73 Å². The van der Waals surface area contributed by atoms with Crippen LogP contribution in [0, 0.1) is 0 Å². The van der Waals surface area contributed by atoms with Crippen molar-refractivity contribution < 1.29 is 4.79 Å². The van der Waals surface area contributed by atoms with E-state index in [1.807, 2.05) is 4.90 Å². The predicted molar refractivity (Wildman–Crippen MR) is 65.4 cm³/mol. The fraction of sp³-hybridized carbons (Fsp3) is 0.909. The van der Waals surface area contributed by atoms with Gasteiger partial charge in [0.15, 0.2) is 0 Å². The molecule has 16 heavy (non-hydrogen) atoms. The average molecular weight is 228 g/mol. The van der Waals surface area contributed by atoms with E-state index in [-0.39, 0.29) is 6.03 Å². The molecule has 1 fully saturated rings. The van der Waals surface area contributed by atoms with Crippen LogP contribution in [0.25, 0.3) is 0 Å². The maximum Gasteiger partial charge on any atom is 0.319 e. The highest BCUT2D eigenvalue weighted by atomic mass is 16.2. The molecule has 1 rings (SSSR count). The van der Waals surface area contributed by atoms with Crippen molar-refractivity contribution in [1.29, 1.82) is 0 Å². The second-order valence-corrected chi connectivity index (χ2v) is 4.50. The number of carbonyl (C=O) groups is 1. The lowest BCUT2D eigenvalue weighted by Crippen LogP contribution is -2.51. The molecule has 1 aliphatic rings. The Morgan fingerprint density at radius 1 is 1.19 bits per heavy atom. The molecule has 2 amide bonds. The topological polar surface area (TPSA) is 52.8 Å². The molecular formula is C11H24N4O. The molecule has 0 aromatic carbocycles. The number of hydrogen-bond acceptors (Lipinski definition) is 3. The van der Waals surface area contributed by atoms with Gasteiger partial charge in [0.25, 0.3) is 0 Å². The van der Waals surface area contributed by atoms with Crippen LogP contribution in [-0.2, 0) is 0 Å². The first-order valence-electron chi connectivity index (χ1n) is 6.04. The third-order valence-electron chi connectivity index (χ3n) is 2.95. The zero-order valence-electron chi connectivity index (χ0n) is 10.5. The third kappa shape index (κ3) is 3.98. The molecule has 0 unspecified atom stereocenters. The van der Waals surface area contributed by atoms with Gasteiger partial charge in [0.05, 0.1) is 0 Å². The molecular weight excluding hydrogens is 204 g/mol. The monoisotopic (exact) mass is 228 g/mol. The standard InChI is InChI=1S/C11H24N4O/c1-13(2)11(16)15-9-7-14(8-10-15)6-4-3-5-12/h3-10,12H2,1-2H3. The number of nitrogens with two attached hydrogens (primary N) is 1. The van der Waals surface area contributed by atoms with Crippen molar-refractivity contribution in [2.24, 2.45) is 5.73 Å². The van der Waals surface area contributed by atoms with E-state index in [1.54, 1.807) is 19.0 Å². The van der Waals surface area contributed by atoms with Crippen molar-refractivity contribution in [2.45, 2.75) is 12.8 Å². The SMILES string of the molecule is CN(C)C(=O)N1CCN(CCCCN)CC1. The van der Waals surface area contributed by atoms with Gasteiger partial charge < -0.3 is 15.5 Å². The number of hydrogen-bond donors (Lipinski definition) is 1. The Balaban J connectivity index is 2.20. The molecule has 0 atom stereocenters. The van der Waals surface area contributed by atoms with Crippen LogP contribution >= 0.6 is 0 Å². The molecule has 2 N–H and O–H groups in total. The van der Waals surface area contributed by atoms with Crippen LogP contribution in [0.15, 0.2) is 0 Å². The summed E-state index contributed by atoms with van der Waals surface area (Å²) < 4.78 is 0. The average Bonchev–Trinajstić information content (AvgIpc) is 2.29. The Morgan fingerprint density at radius 2 is 1.81 bits per heavy atom. The van der Waals surface area contributed by atoms with Gasteiger partial charge in [-0.2, -0.15) is 0 Å². The number of unbranched alkanes of at least 4 members (excludes halogenated alkanes) is 1. The molecule has 5 heteroatoms.